The highest BCUT2D eigenvalue weighted by molar-refractivity contribution is 5.90. The summed E-state index contributed by atoms with van der Waals surface area (Å²) in [6.07, 6.45) is 6.40. The molecule has 0 fully saturated rings. The number of methoxy groups -OCH3 is 1. The average Bonchev–Trinajstić information content (AvgIpc) is 2.94. The van der Waals surface area contributed by atoms with Crippen molar-refractivity contribution in [3.05, 3.63) is 83.5 Å². The fourth-order valence-electron chi connectivity index (χ4n) is 4.16. The zero-order valence-corrected chi connectivity index (χ0v) is 23.0. The molecular formula is C30H32F2N4O4. The monoisotopic (exact) mass is 550 g/mol. The van der Waals surface area contributed by atoms with Gasteiger partial charge in [-0.1, -0.05) is 30.3 Å². The maximum absolute atomic E-state index is 14.3. The highest BCUT2D eigenvalue weighted by atomic mass is 19.1. The predicted octanol–water partition coefficient (Wildman–Crippen LogP) is 5.89. The van der Waals surface area contributed by atoms with Crippen LogP contribution in [-0.2, 0) is 15.9 Å². The minimum atomic E-state index is -0.930. The van der Waals surface area contributed by atoms with Crippen molar-refractivity contribution in [2.75, 3.05) is 32.1 Å². The van der Waals surface area contributed by atoms with Gasteiger partial charge in [-0.15, -0.1) is 0 Å². The molecule has 1 aliphatic rings. The third kappa shape index (κ3) is 7.19. The highest BCUT2D eigenvalue weighted by Crippen LogP contribution is 2.24. The second kappa shape index (κ2) is 12.2. The first-order valence-corrected chi connectivity index (χ1v) is 12.9. The third-order valence-electron chi connectivity index (χ3n) is 6.28. The summed E-state index contributed by atoms with van der Waals surface area (Å²) in [6.45, 7) is 6.90. The number of nitrogens with one attached hydrogen (secondary N) is 1. The Morgan fingerprint density at radius 2 is 1.73 bits per heavy atom. The van der Waals surface area contributed by atoms with Crippen LogP contribution in [-0.4, -0.2) is 59.3 Å². The molecule has 0 aliphatic carbocycles. The Labute approximate surface area is 232 Å². The SMILES string of the molecule is COC(=O)c1cc(F)c(NCCc2ccc(-c3cnc(C4=CCN(C(=O)OC(C)(C)C)CC4)nc3)cc2)cc1F. The predicted molar refractivity (Wildman–Crippen MR) is 148 cm³/mol. The molecule has 3 aromatic rings. The molecule has 0 unspecified atom stereocenters. The summed E-state index contributed by atoms with van der Waals surface area (Å²) in [5.41, 5.74) is 2.80. The molecule has 0 spiro atoms. The van der Waals surface area contributed by atoms with Gasteiger partial charge in [0.25, 0.3) is 0 Å². The normalized spacial score (nSPS) is 13.4. The van der Waals surface area contributed by atoms with Crippen LogP contribution in [0.3, 0.4) is 0 Å². The molecule has 0 saturated heterocycles. The number of benzene rings is 2. The maximum atomic E-state index is 14.3. The quantitative estimate of drug-likeness (QED) is 0.367. The molecule has 0 saturated carbocycles. The Bertz CT molecular complexity index is 1400. The standard InChI is InChI=1S/C30H32F2N4O4/c1-30(2,3)40-29(38)36-13-10-21(11-14-36)27-34-17-22(18-35-27)20-7-5-19(6-8-20)9-12-33-26-16-24(31)23(15-25(26)32)28(37)39-4/h5-8,10,15-18,33H,9,11-14H2,1-4H3. The van der Waals surface area contributed by atoms with Gasteiger partial charge in [0.1, 0.15) is 17.2 Å². The molecule has 2 heterocycles. The lowest BCUT2D eigenvalue weighted by atomic mass is 10.0. The van der Waals surface area contributed by atoms with Crippen LogP contribution in [0.5, 0.6) is 0 Å². The van der Waals surface area contributed by atoms with E-state index in [0.29, 0.717) is 38.3 Å². The van der Waals surface area contributed by atoms with Gasteiger partial charge in [0.15, 0.2) is 5.82 Å². The smallest absolute Gasteiger partial charge is 0.410 e. The van der Waals surface area contributed by atoms with Gasteiger partial charge in [0.05, 0.1) is 18.4 Å². The topological polar surface area (TPSA) is 93.7 Å². The number of ether oxygens (including phenoxy) is 2. The molecule has 1 aliphatic heterocycles. The Morgan fingerprint density at radius 1 is 1.02 bits per heavy atom. The van der Waals surface area contributed by atoms with Gasteiger partial charge in [-0.25, -0.2) is 28.3 Å². The molecule has 1 N–H and O–H groups in total. The molecule has 0 radical (unpaired) electrons. The number of carbonyl (C=O) groups is 2. The van der Waals surface area contributed by atoms with Gasteiger partial charge < -0.3 is 19.7 Å². The Hall–Kier alpha value is -4.34. The van der Waals surface area contributed by atoms with E-state index in [4.69, 9.17) is 4.74 Å². The number of carbonyl (C=O) groups excluding carboxylic acids is 2. The lowest BCUT2D eigenvalue weighted by Gasteiger charge is -2.29. The van der Waals surface area contributed by atoms with Gasteiger partial charge in [-0.2, -0.15) is 0 Å². The molecule has 2 aromatic carbocycles. The van der Waals surface area contributed by atoms with Crippen LogP contribution in [0.2, 0.25) is 0 Å². The van der Waals surface area contributed by atoms with Crippen molar-refractivity contribution in [1.82, 2.24) is 14.9 Å². The minimum Gasteiger partial charge on any atom is -0.465 e. The average molecular weight is 551 g/mol. The Morgan fingerprint density at radius 3 is 2.33 bits per heavy atom. The molecule has 210 valence electrons. The first-order valence-electron chi connectivity index (χ1n) is 12.9. The van der Waals surface area contributed by atoms with E-state index in [2.05, 4.69) is 20.0 Å². The van der Waals surface area contributed by atoms with Gasteiger partial charge in [0.2, 0.25) is 0 Å². The number of nitrogens with zero attached hydrogens (tertiary/aromatic N) is 3. The van der Waals surface area contributed by atoms with Gasteiger partial charge in [0, 0.05) is 43.7 Å². The summed E-state index contributed by atoms with van der Waals surface area (Å²) < 4.78 is 38.3. The van der Waals surface area contributed by atoms with E-state index >= 15 is 0 Å². The van der Waals surface area contributed by atoms with Gasteiger partial charge in [-0.05, 0) is 56.4 Å². The maximum Gasteiger partial charge on any atom is 0.410 e. The van der Waals surface area contributed by atoms with Crippen molar-refractivity contribution in [2.45, 2.75) is 39.2 Å². The third-order valence-corrected chi connectivity index (χ3v) is 6.28. The van der Waals surface area contributed by atoms with Crippen molar-refractivity contribution in [2.24, 2.45) is 0 Å². The van der Waals surface area contributed by atoms with Crippen molar-refractivity contribution in [3.8, 4) is 11.1 Å². The fraction of sp³-hybridized carbons (Fsp3) is 0.333. The molecule has 10 heteroatoms. The number of rotatable bonds is 7. The van der Waals surface area contributed by atoms with E-state index in [1.54, 1.807) is 17.3 Å². The highest BCUT2D eigenvalue weighted by Gasteiger charge is 2.24. The van der Waals surface area contributed by atoms with Crippen LogP contribution in [0.15, 0.2) is 54.9 Å². The molecule has 40 heavy (non-hydrogen) atoms. The summed E-state index contributed by atoms with van der Waals surface area (Å²) >= 11 is 0. The van der Waals surface area contributed by atoms with Crippen molar-refractivity contribution in [3.63, 3.8) is 0 Å². The van der Waals surface area contributed by atoms with E-state index in [1.165, 1.54) is 0 Å². The van der Waals surface area contributed by atoms with Crippen LogP contribution in [0.1, 0.15) is 48.9 Å². The Kier molecular flexibility index (Phi) is 8.77. The van der Waals surface area contributed by atoms with Crippen LogP contribution in [0.4, 0.5) is 19.3 Å². The van der Waals surface area contributed by atoms with E-state index in [9.17, 15) is 18.4 Å². The van der Waals surface area contributed by atoms with Crippen LogP contribution in [0, 0.1) is 11.6 Å². The minimum absolute atomic E-state index is 0.0235. The zero-order chi connectivity index (χ0) is 28.9. The number of esters is 1. The van der Waals surface area contributed by atoms with Gasteiger partial charge >= 0.3 is 12.1 Å². The van der Waals surface area contributed by atoms with Crippen molar-refractivity contribution in [1.29, 1.82) is 0 Å². The largest absolute Gasteiger partial charge is 0.465 e. The fourth-order valence-corrected chi connectivity index (χ4v) is 4.16. The van der Waals surface area contributed by atoms with Crippen LogP contribution >= 0.6 is 0 Å². The van der Waals surface area contributed by atoms with E-state index in [-0.39, 0.29) is 11.8 Å². The Balaban J connectivity index is 1.31. The summed E-state index contributed by atoms with van der Waals surface area (Å²) in [5, 5.41) is 2.87. The van der Waals surface area contributed by atoms with E-state index in [0.717, 1.165) is 41.5 Å². The van der Waals surface area contributed by atoms with Crippen molar-refractivity contribution >= 4 is 23.3 Å². The first kappa shape index (κ1) is 28.7. The lowest BCUT2D eigenvalue weighted by molar-refractivity contribution is 0.0270. The molecular weight excluding hydrogens is 518 g/mol. The van der Waals surface area contributed by atoms with Crippen molar-refractivity contribution < 1.29 is 27.8 Å². The number of hydrogen-bond acceptors (Lipinski definition) is 7. The molecule has 0 bridgehead atoms. The lowest BCUT2D eigenvalue weighted by Crippen LogP contribution is -2.39. The summed E-state index contributed by atoms with van der Waals surface area (Å²) in [6, 6.07) is 9.60. The summed E-state index contributed by atoms with van der Waals surface area (Å²) in [7, 11) is 1.11. The first-order chi connectivity index (χ1) is 19.0. The number of halogens is 2. The summed E-state index contributed by atoms with van der Waals surface area (Å²) in [4.78, 5) is 34.5. The molecule has 0 atom stereocenters. The number of anilines is 1. The number of hydrogen-bond donors (Lipinski definition) is 1. The summed E-state index contributed by atoms with van der Waals surface area (Å²) in [5.74, 6) is -1.87. The van der Waals surface area contributed by atoms with Gasteiger partial charge in [-0.3, -0.25) is 0 Å². The number of amides is 1. The van der Waals surface area contributed by atoms with E-state index < -0.39 is 28.8 Å². The molecule has 1 amide bonds. The molecule has 4 rings (SSSR count). The van der Waals surface area contributed by atoms with E-state index in [1.807, 2.05) is 51.1 Å². The molecule has 1 aromatic heterocycles. The van der Waals surface area contributed by atoms with Crippen LogP contribution in [0.25, 0.3) is 16.7 Å². The second-order valence-corrected chi connectivity index (χ2v) is 10.4. The number of aromatic nitrogens is 2. The zero-order valence-electron chi connectivity index (χ0n) is 23.0. The van der Waals surface area contributed by atoms with Crippen LogP contribution < -0.4 is 5.32 Å². The molecule has 8 nitrogen and oxygen atoms in total. The second-order valence-electron chi connectivity index (χ2n) is 10.4.